The van der Waals surface area contributed by atoms with Gasteiger partial charge in [-0.05, 0) is 30.4 Å². The maximum atomic E-state index is 11.6. The lowest BCUT2D eigenvalue weighted by Crippen LogP contribution is -2.19. The number of rotatable bonds is 1. The Morgan fingerprint density at radius 3 is 2.41 bits per heavy atom. The molecular weight excluding hydrogens is 212 g/mol. The van der Waals surface area contributed by atoms with Gasteiger partial charge in [-0.1, -0.05) is 39.0 Å². The Kier molecular flexibility index (Phi) is 4.33. The molecule has 1 saturated heterocycles. The van der Waals surface area contributed by atoms with Crippen LogP contribution in [0.4, 0.5) is 0 Å². The molecule has 94 valence electrons. The fourth-order valence-electron chi connectivity index (χ4n) is 1.97. The quantitative estimate of drug-likeness (QED) is 0.509. The van der Waals surface area contributed by atoms with Crippen molar-refractivity contribution in [2.75, 3.05) is 6.61 Å². The van der Waals surface area contributed by atoms with Gasteiger partial charge in [0.25, 0.3) is 0 Å². The van der Waals surface area contributed by atoms with Crippen LogP contribution in [0.5, 0.6) is 0 Å². The van der Waals surface area contributed by atoms with Crippen molar-refractivity contribution in [2.45, 2.75) is 41.0 Å². The Balaban J connectivity index is 3.09. The summed E-state index contributed by atoms with van der Waals surface area (Å²) >= 11 is 0. The van der Waals surface area contributed by atoms with Crippen LogP contribution in [0.3, 0.4) is 0 Å². The standard InChI is InChI=1S/C15H22O2/c1-6-12(15(3,4)5)10-11-8-9-17-14(16)13(11)7-2/h6-7,10H,8-9H2,1-5H3/b11-10-,12-6+,13-7+. The molecule has 0 aromatic carbocycles. The van der Waals surface area contributed by atoms with E-state index in [4.69, 9.17) is 4.74 Å². The summed E-state index contributed by atoms with van der Waals surface area (Å²) in [4.78, 5) is 11.6. The van der Waals surface area contributed by atoms with Crippen LogP contribution in [0.1, 0.15) is 41.0 Å². The van der Waals surface area contributed by atoms with Crippen molar-refractivity contribution in [3.8, 4) is 0 Å². The molecule has 0 aromatic rings. The number of carbonyl (C=O) groups is 1. The molecule has 1 fully saturated rings. The molecule has 1 aliphatic rings. The van der Waals surface area contributed by atoms with Gasteiger partial charge in [0.1, 0.15) is 0 Å². The highest BCUT2D eigenvalue weighted by molar-refractivity contribution is 5.94. The van der Waals surface area contributed by atoms with Gasteiger partial charge in [-0.3, -0.25) is 0 Å². The zero-order valence-corrected chi connectivity index (χ0v) is 11.5. The summed E-state index contributed by atoms with van der Waals surface area (Å²) in [6, 6.07) is 0. The van der Waals surface area contributed by atoms with Gasteiger partial charge in [0.2, 0.25) is 0 Å². The minimum atomic E-state index is -0.200. The summed E-state index contributed by atoms with van der Waals surface area (Å²) in [6.07, 6.45) is 6.89. The molecule has 0 bridgehead atoms. The van der Waals surface area contributed by atoms with E-state index in [1.54, 1.807) is 0 Å². The monoisotopic (exact) mass is 234 g/mol. The molecule has 0 amide bonds. The third kappa shape index (κ3) is 3.32. The van der Waals surface area contributed by atoms with Gasteiger partial charge in [0, 0.05) is 6.42 Å². The number of esters is 1. The Hall–Kier alpha value is -1.31. The molecule has 0 unspecified atom stereocenters. The van der Waals surface area contributed by atoms with E-state index in [2.05, 4.69) is 32.9 Å². The van der Waals surface area contributed by atoms with Crippen LogP contribution in [-0.2, 0) is 9.53 Å². The summed E-state index contributed by atoms with van der Waals surface area (Å²) < 4.78 is 5.04. The molecule has 1 aliphatic heterocycles. The molecule has 1 heterocycles. The first-order valence-electron chi connectivity index (χ1n) is 6.11. The highest BCUT2D eigenvalue weighted by Crippen LogP contribution is 2.30. The lowest BCUT2D eigenvalue weighted by Gasteiger charge is -2.23. The SMILES string of the molecule is C/C=C1/C(=O)OCC/C1=C/C(=C\C)C(C)(C)C. The summed E-state index contributed by atoms with van der Waals surface area (Å²) in [5, 5.41) is 0. The van der Waals surface area contributed by atoms with Crippen LogP contribution in [0.2, 0.25) is 0 Å². The smallest absolute Gasteiger partial charge is 0.338 e. The highest BCUT2D eigenvalue weighted by Gasteiger charge is 2.22. The first-order valence-corrected chi connectivity index (χ1v) is 6.11. The van der Waals surface area contributed by atoms with Gasteiger partial charge < -0.3 is 4.74 Å². The number of ether oxygens (including phenoxy) is 1. The van der Waals surface area contributed by atoms with E-state index >= 15 is 0 Å². The lowest BCUT2D eigenvalue weighted by atomic mass is 9.83. The average molecular weight is 234 g/mol. The van der Waals surface area contributed by atoms with Crippen molar-refractivity contribution in [1.82, 2.24) is 0 Å². The zero-order valence-electron chi connectivity index (χ0n) is 11.5. The van der Waals surface area contributed by atoms with Crippen LogP contribution in [0.15, 0.2) is 34.9 Å². The number of hydrogen-bond donors (Lipinski definition) is 0. The van der Waals surface area contributed by atoms with Crippen molar-refractivity contribution >= 4 is 5.97 Å². The molecule has 1 rings (SSSR count). The van der Waals surface area contributed by atoms with E-state index < -0.39 is 0 Å². The Labute approximate surface area is 104 Å². The van der Waals surface area contributed by atoms with E-state index in [0.29, 0.717) is 12.2 Å². The predicted octanol–water partition coefficient (Wildman–Crippen LogP) is 3.80. The fraction of sp³-hybridized carbons (Fsp3) is 0.533. The number of allylic oxidation sites excluding steroid dienone is 4. The van der Waals surface area contributed by atoms with Crippen molar-refractivity contribution in [1.29, 1.82) is 0 Å². The lowest BCUT2D eigenvalue weighted by molar-refractivity contribution is -0.139. The van der Waals surface area contributed by atoms with Gasteiger partial charge in [0.15, 0.2) is 0 Å². The highest BCUT2D eigenvalue weighted by atomic mass is 16.5. The predicted molar refractivity (Wildman–Crippen MR) is 70.6 cm³/mol. The second-order valence-corrected chi connectivity index (χ2v) is 5.25. The Bertz CT molecular complexity index is 390. The van der Waals surface area contributed by atoms with Crippen LogP contribution < -0.4 is 0 Å². The van der Waals surface area contributed by atoms with E-state index in [1.807, 2.05) is 19.9 Å². The van der Waals surface area contributed by atoms with Crippen molar-refractivity contribution in [3.05, 3.63) is 34.9 Å². The van der Waals surface area contributed by atoms with Gasteiger partial charge in [-0.2, -0.15) is 0 Å². The second kappa shape index (κ2) is 5.35. The molecular formula is C15H22O2. The minimum Gasteiger partial charge on any atom is -0.462 e. The minimum absolute atomic E-state index is 0.0992. The van der Waals surface area contributed by atoms with Crippen molar-refractivity contribution < 1.29 is 9.53 Å². The first-order chi connectivity index (χ1) is 7.90. The van der Waals surface area contributed by atoms with Gasteiger partial charge in [-0.25, -0.2) is 4.79 Å². The molecule has 0 saturated carbocycles. The molecule has 2 nitrogen and oxygen atoms in total. The largest absolute Gasteiger partial charge is 0.462 e. The summed E-state index contributed by atoms with van der Waals surface area (Å²) in [5.74, 6) is -0.200. The first kappa shape index (κ1) is 13.8. The topological polar surface area (TPSA) is 26.3 Å². The second-order valence-electron chi connectivity index (χ2n) is 5.25. The third-order valence-electron chi connectivity index (χ3n) is 2.97. The van der Waals surface area contributed by atoms with E-state index in [0.717, 1.165) is 12.0 Å². The molecule has 2 heteroatoms. The van der Waals surface area contributed by atoms with Crippen molar-refractivity contribution in [3.63, 3.8) is 0 Å². The summed E-state index contributed by atoms with van der Waals surface area (Å²) in [7, 11) is 0. The van der Waals surface area contributed by atoms with Crippen LogP contribution in [0.25, 0.3) is 0 Å². The average Bonchev–Trinajstić information content (AvgIpc) is 2.24. The number of carbonyl (C=O) groups excluding carboxylic acids is 1. The number of hydrogen-bond acceptors (Lipinski definition) is 2. The Morgan fingerprint density at radius 2 is 1.94 bits per heavy atom. The van der Waals surface area contributed by atoms with Crippen molar-refractivity contribution in [2.24, 2.45) is 5.41 Å². The Morgan fingerprint density at radius 1 is 1.29 bits per heavy atom. The van der Waals surface area contributed by atoms with Crippen LogP contribution in [0, 0.1) is 5.41 Å². The van der Waals surface area contributed by atoms with Gasteiger partial charge >= 0.3 is 5.97 Å². The third-order valence-corrected chi connectivity index (χ3v) is 2.97. The molecule has 0 aromatic heterocycles. The molecule has 0 aliphatic carbocycles. The van der Waals surface area contributed by atoms with E-state index in [9.17, 15) is 4.79 Å². The molecule has 0 radical (unpaired) electrons. The van der Waals surface area contributed by atoms with Crippen LogP contribution in [-0.4, -0.2) is 12.6 Å². The molecule has 0 atom stereocenters. The summed E-state index contributed by atoms with van der Waals surface area (Å²) in [6.45, 7) is 10.9. The summed E-state index contributed by atoms with van der Waals surface area (Å²) in [5.41, 5.74) is 3.15. The van der Waals surface area contributed by atoms with Gasteiger partial charge in [-0.15, -0.1) is 0 Å². The van der Waals surface area contributed by atoms with Gasteiger partial charge in [0.05, 0.1) is 12.2 Å². The fourth-order valence-corrected chi connectivity index (χ4v) is 1.97. The molecule has 0 spiro atoms. The van der Waals surface area contributed by atoms with Crippen LogP contribution >= 0.6 is 0 Å². The maximum absolute atomic E-state index is 11.6. The molecule has 0 N–H and O–H groups in total. The van der Waals surface area contributed by atoms with E-state index in [1.165, 1.54) is 5.57 Å². The maximum Gasteiger partial charge on any atom is 0.338 e. The zero-order chi connectivity index (χ0) is 13.1. The normalized spacial score (nSPS) is 23.1. The number of cyclic esters (lactones) is 1. The molecule has 17 heavy (non-hydrogen) atoms. The van der Waals surface area contributed by atoms with E-state index in [-0.39, 0.29) is 11.4 Å².